The Labute approximate surface area is 128 Å². The third-order valence-electron chi connectivity index (χ3n) is 3.54. The van der Waals surface area contributed by atoms with Crippen LogP contribution in [0.25, 0.3) is 22.1 Å². The average molecular weight is 314 g/mol. The third kappa shape index (κ3) is 2.93. The lowest BCUT2D eigenvalue weighted by atomic mass is 10.0. The van der Waals surface area contributed by atoms with Crippen molar-refractivity contribution in [3.05, 3.63) is 70.1 Å². The molecule has 0 bridgehead atoms. The van der Waals surface area contributed by atoms with Crippen LogP contribution in [0.4, 0.5) is 0 Å². The highest BCUT2D eigenvalue weighted by molar-refractivity contribution is 7.15. The van der Waals surface area contributed by atoms with Crippen LogP contribution in [-0.4, -0.2) is 0 Å². The van der Waals surface area contributed by atoms with E-state index in [4.69, 9.17) is 4.42 Å². The van der Waals surface area contributed by atoms with Gasteiger partial charge in [-0.15, -0.1) is 18.5 Å². The van der Waals surface area contributed by atoms with Gasteiger partial charge in [-0.2, -0.15) is 0 Å². The minimum Gasteiger partial charge on any atom is -0.422 e. The van der Waals surface area contributed by atoms with Gasteiger partial charge in [-0.25, -0.2) is 4.79 Å². The zero-order valence-corrected chi connectivity index (χ0v) is 13.8. The smallest absolute Gasteiger partial charge is 0.344 e. The average Bonchev–Trinajstić information content (AvgIpc) is 2.53. The van der Waals surface area contributed by atoms with E-state index in [0.717, 1.165) is 28.8 Å². The Balaban J connectivity index is 2.14. The summed E-state index contributed by atoms with van der Waals surface area (Å²) in [7, 11) is 5.36. The molecule has 0 N–H and O–H groups in total. The molecule has 3 aromatic rings. The van der Waals surface area contributed by atoms with Crippen LogP contribution in [0, 0.1) is 0 Å². The highest BCUT2D eigenvalue weighted by atomic mass is 31.0. The van der Waals surface area contributed by atoms with Gasteiger partial charge in [0, 0.05) is 5.39 Å². The van der Waals surface area contributed by atoms with E-state index >= 15 is 0 Å². The topological polar surface area (TPSA) is 30.2 Å². The van der Waals surface area contributed by atoms with Crippen LogP contribution in [0.2, 0.25) is 0 Å². The van der Waals surface area contributed by atoms with E-state index in [9.17, 15) is 4.79 Å². The van der Waals surface area contributed by atoms with Gasteiger partial charge in [0.05, 0.1) is 5.56 Å². The molecule has 0 saturated heterocycles. The van der Waals surface area contributed by atoms with Crippen molar-refractivity contribution in [1.29, 1.82) is 0 Å². The van der Waals surface area contributed by atoms with Crippen molar-refractivity contribution in [2.45, 2.75) is 12.3 Å². The Morgan fingerprint density at radius 1 is 0.857 bits per heavy atom. The van der Waals surface area contributed by atoms with Crippen LogP contribution in [0.1, 0.15) is 11.1 Å². The van der Waals surface area contributed by atoms with Gasteiger partial charge in [0.25, 0.3) is 0 Å². The van der Waals surface area contributed by atoms with E-state index in [1.807, 2.05) is 42.5 Å². The maximum atomic E-state index is 12.2. The molecule has 0 saturated carbocycles. The summed E-state index contributed by atoms with van der Waals surface area (Å²) >= 11 is 0. The first-order chi connectivity index (χ1) is 10.2. The summed E-state index contributed by atoms with van der Waals surface area (Å²) in [6.45, 7) is 0. The fourth-order valence-corrected chi connectivity index (χ4v) is 2.83. The Morgan fingerprint density at radius 2 is 1.52 bits per heavy atom. The van der Waals surface area contributed by atoms with E-state index in [1.165, 1.54) is 5.56 Å². The number of benzene rings is 2. The number of rotatable bonds is 3. The first-order valence-electron chi connectivity index (χ1n) is 6.77. The zero-order chi connectivity index (χ0) is 14.8. The minimum atomic E-state index is -0.290. The van der Waals surface area contributed by atoms with Gasteiger partial charge in [-0.05, 0) is 41.1 Å². The van der Waals surface area contributed by atoms with E-state index in [0.29, 0.717) is 11.1 Å². The number of hydrogen-bond acceptors (Lipinski definition) is 2. The molecular weight excluding hydrogens is 298 g/mol. The van der Waals surface area contributed by atoms with Crippen molar-refractivity contribution in [3.63, 3.8) is 0 Å². The summed E-state index contributed by atoms with van der Waals surface area (Å²) in [6, 6.07) is 15.9. The van der Waals surface area contributed by atoms with Crippen molar-refractivity contribution in [2.24, 2.45) is 0 Å². The lowest BCUT2D eigenvalue weighted by Gasteiger charge is -2.05. The summed E-state index contributed by atoms with van der Waals surface area (Å²) in [5, 5.41) is 0.946. The molecular formula is C17H16O2P2. The van der Waals surface area contributed by atoms with Gasteiger partial charge in [0.1, 0.15) is 5.58 Å². The molecule has 0 fully saturated rings. The Hall–Kier alpha value is -1.49. The summed E-state index contributed by atoms with van der Waals surface area (Å²) in [5.41, 5.74) is 4.21. The van der Waals surface area contributed by atoms with E-state index < -0.39 is 0 Å². The van der Waals surface area contributed by atoms with Crippen LogP contribution in [0.15, 0.2) is 57.7 Å². The first-order valence-corrected chi connectivity index (χ1v) is 8.41. The van der Waals surface area contributed by atoms with Gasteiger partial charge < -0.3 is 4.42 Å². The molecule has 3 rings (SSSR count). The van der Waals surface area contributed by atoms with E-state index in [2.05, 4.69) is 24.5 Å². The van der Waals surface area contributed by atoms with Crippen LogP contribution in [0.3, 0.4) is 0 Å². The lowest BCUT2D eigenvalue weighted by molar-refractivity contribution is 0.563. The molecule has 0 radical (unpaired) electrons. The first kappa shape index (κ1) is 14.4. The van der Waals surface area contributed by atoms with E-state index in [-0.39, 0.29) is 5.63 Å². The van der Waals surface area contributed by atoms with Crippen LogP contribution < -0.4 is 5.63 Å². The summed E-state index contributed by atoms with van der Waals surface area (Å²) in [4.78, 5) is 12.2. The van der Waals surface area contributed by atoms with Crippen LogP contribution in [0.5, 0.6) is 0 Å². The second-order valence-electron chi connectivity index (χ2n) is 4.92. The molecule has 21 heavy (non-hydrogen) atoms. The molecule has 0 aliphatic carbocycles. The van der Waals surface area contributed by atoms with Crippen LogP contribution in [-0.2, 0) is 12.3 Å². The quantitative estimate of drug-likeness (QED) is 0.535. The largest absolute Gasteiger partial charge is 0.422 e. The van der Waals surface area contributed by atoms with Crippen molar-refractivity contribution in [3.8, 4) is 11.1 Å². The second-order valence-corrected chi connectivity index (χ2v) is 5.74. The van der Waals surface area contributed by atoms with Gasteiger partial charge >= 0.3 is 5.63 Å². The Bertz CT molecular complexity index is 836. The third-order valence-corrected chi connectivity index (χ3v) is 4.48. The maximum absolute atomic E-state index is 12.2. The van der Waals surface area contributed by atoms with Gasteiger partial charge in [0.15, 0.2) is 0 Å². The normalized spacial score (nSPS) is 11.0. The highest BCUT2D eigenvalue weighted by Gasteiger charge is 2.08. The fourth-order valence-electron chi connectivity index (χ4n) is 2.30. The van der Waals surface area contributed by atoms with Crippen molar-refractivity contribution in [1.82, 2.24) is 0 Å². The molecule has 0 aliphatic rings. The number of hydrogen-bond donors (Lipinski definition) is 0. The molecule has 2 atom stereocenters. The molecule has 1 heterocycles. The summed E-state index contributed by atoms with van der Waals surface area (Å²) in [6.07, 6.45) is 1.75. The molecule has 106 valence electrons. The number of fused-ring (bicyclic) bond motifs is 1. The molecule has 2 unspecified atom stereocenters. The molecule has 4 heteroatoms. The van der Waals surface area contributed by atoms with Gasteiger partial charge in [0.2, 0.25) is 0 Å². The monoisotopic (exact) mass is 314 g/mol. The second kappa shape index (κ2) is 6.10. The van der Waals surface area contributed by atoms with Crippen molar-refractivity contribution < 1.29 is 4.42 Å². The molecule has 0 amide bonds. The highest BCUT2D eigenvalue weighted by Crippen LogP contribution is 2.23. The fraction of sp³-hybridized carbons (Fsp3) is 0.118. The van der Waals surface area contributed by atoms with Gasteiger partial charge in [-0.3, -0.25) is 0 Å². The van der Waals surface area contributed by atoms with Gasteiger partial charge in [-0.1, -0.05) is 36.4 Å². The Kier molecular flexibility index (Phi) is 4.19. The maximum Gasteiger partial charge on any atom is 0.344 e. The molecule has 0 spiro atoms. The predicted molar refractivity (Wildman–Crippen MR) is 94.7 cm³/mol. The van der Waals surface area contributed by atoms with Crippen LogP contribution >= 0.6 is 18.5 Å². The molecule has 0 aliphatic heterocycles. The van der Waals surface area contributed by atoms with Crippen molar-refractivity contribution >= 4 is 29.4 Å². The molecule has 2 aromatic carbocycles. The van der Waals surface area contributed by atoms with Crippen molar-refractivity contribution in [2.75, 3.05) is 0 Å². The summed E-state index contributed by atoms with van der Waals surface area (Å²) in [5.74, 6) is 0. The zero-order valence-electron chi connectivity index (χ0n) is 11.5. The molecule has 1 aromatic heterocycles. The summed E-state index contributed by atoms with van der Waals surface area (Å²) < 4.78 is 5.48. The van der Waals surface area contributed by atoms with E-state index in [1.54, 1.807) is 0 Å². The molecule has 2 nitrogen and oxygen atoms in total. The minimum absolute atomic E-state index is 0.290. The lowest BCUT2D eigenvalue weighted by Crippen LogP contribution is -2.02. The Morgan fingerprint density at radius 3 is 2.19 bits per heavy atom. The standard InChI is InChI=1S/C17H16O2P2/c18-17-15(13-4-1-11(9-20)2-5-13)8-14-6-3-12(10-21)7-16(14)19-17/h1-8H,9-10,20-21H2. The predicted octanol–water partition coefficient (Wildman–Crippen LogP) is 4.21. The SMILES string of the molecule is O=c1oc2cc(CP)ccc2cc1-c1ccc(CP)cc1.